The molecule has 0 aliphatic carbocycles. The van der Waals surface area contributed by atoms with E-state index in [2.05, 4.69) is 4.74 Å². The molecule has 0 radical (unpaired) electrons. The molecule has 3 nitrogen and oxygen atoms in total. The molecule has 76 valence electrons. The summed E-state index contributed by atoms with van der Waals surface area (Å²) in [6.07, 6.45) is 1.69. The molecule has 0 amide bonds. The van der Waals surface area contributed by atoms with Crippen molar-refractivity contribution in [3.63, 3.8) is 0 Å². The van der Waals surface area contributed by atoms with Gasteiger partial charge in [0, 0.05) is 5.57 Å². The van der Waals surface area contributed by atoms with Crippen LogP contribution in [0.3, 0.4) is 0 Å². The van der Waals surface area contributed by atoms with Gasteiger partial charge in [0.05, 0.1) is 0 Å². The van der Waals surface area contributed by atoms with Crippen LogP contribution in [0.5, 0.6) is 0 Å². The van der Waals surface area contributed by atoms with Crippen molar-refractivity contribution in [1.82, 2.24) is 0 Å². The zero-order chi connectivity index (χ0) is 10.8. The molecule has 1 heterocycles. The molecule has 0 spiro atoms. The quantitative estimate of drug-likeness (QED) is 0.394. The van der Waals surface area contributed by atoms with Gasteiger partial charge in [-0.15, -0.1) is 0 Å². The number of rotatable bonds is 1. The molecule has 0 N–H and O–H groups in total. The summed E-state index contributed by atoms with van der Waals surface area (Å²) in [5.41, 5.74) is 2.48. The van der Waals surface area contributed by atoms with Crippen molar-refractivity contribution in [3.8, 4) is 0 Å². The van der Waals surface area contributed by atoms with Crippen LogP contribution in [0.1, 0.15) is 11.1 Å². The Balaban J connectivity index is 2.27. The molecule has 0 atom stereocenters. The average molecular weight is 202 g/mol. The second-order valence-corrected chi connectivity index (χ2v) is 3.49. The Kier molecular flexibility index (Phi) is 2.37. The number of hydrogen-bond donors (Lipinski definition) is 0. The molecule has 1 aromatic rings. The summed E-state index contributed by atoms with van der Waals surface area (Å²) < 4.78 is 4.62. The van der Waals surface area contributed by atoms with Gasteiger partial charge in [0.1, 0.15) is 6.61 Å². The predicted molar refractivity (Wildman–Crippen MR) is 55.1 cm³/mol. The zero-order valence-electron chi connectivity index (χ0n) is 8.32. The summed E-state index contributed by atoms with van der Waals surface area (Å²) in [5.74, 6) is -1.29. The Morgan fingerprint density at radius 1 is 1.20 bits per heavy atom. The molecule has 1 aliphatic rings. The smallest absolute Gasteiger partial charge is 0.379 e. The van der Waals surface area contributed by atoms with Gasteiger partial charge in [0.25, 0.3) is 5.78 Å². The molecule has 0 bridgehead atoms. The number of carbonyl (C=O) groups is 2. The highest BCUT2D eigenvalue weighted by atomic mass is 16.5. The van der Waals surface area contributed by atoms with Gasteiger partial charge in [-0.2, -0.15) is 0 Å². The highest BCUT2D eigenvalue weighted by Gasteiger charge is 2.28. The average Bonchev–Trinajstić information content (AvgIpc) is 2.53. The van der Waals surface area contributed by atoms with Gasteiger partial charge in [-0.05, 0) is 18.6 Å². The topological polar surface area (TPSA) is 43.4 Å². The number of aryl methyl sites for hydroxylation is 1. The van der Waals surface area contributed by atoms with Crippen molar-refractivity contribution in [2.45, 2.75) is 6.92 Å². The number of carbonyl (C=O) groups excluding carboxylic acids is 2. The van der Waals surface area contributed by atoms with E-state index in [1.54, 1.807) is 6.08 Å². The lowest BCUT2D eigenvalue weighted by Gasteiger charge is -1.95. The largest absolute Gasteiger partial charge is 0.455 e. The first kappa shape index (κ1) is 9.65. The lowest BCUT2D eigenvalue weighted by molar-refractivity contribution is -0.146. The second kappa shape index (κ2) is 3.69. The summed E-state index contributed by atoms with van der Waals surface area (Å²) in [7, 11) is 0. The van der Waals surface area contributed by atoms with E-state index in [-0.39, 0.29) is 6.61 Å². The second-order valence-electron chi connectivity index (χ2n) is 3.49. The van der Waals surface area contributed by atoms with Crippen LogP contribution in [0.4, 0.5) is 0 Å². The molecule has 0 unspecified atom stereocenters. The summed E-state index contributed by atoms with van der Waals surface area (Å²) in [5, 5.41) is 0. The van der Waals surface area contributed by atoms with Crippen LogP contribution in [-0.4, -0.2) is 18.4 Å². The van der Waals surface area contributed by atoms with E-state index in [1.165, 1.54) is 0 Å². The zero-order valence-corrected chi connectivity index (χ0v) is 8.32. The van der Waals surface area contributed by atoms with Crippen molar-refractivity contribution < 1.29 is 14.3 Å². The highest BCUT2D eigenvalue weighted by molar-refractivity contribution is 6.43. The van der Waals surface area contributed by atoms with Crippen LogP contribution in [0.2, 0.25) is 0 Å². The maximum Gasteiger partial charge on any atom is 0.379 e. The van der Waals surface area contributed by atoms with Crippen molar-refractivity contribution in [1.29, 1.82) is 0 Å². The van der Waals surface area contributed by atoms with Crippen LogP contribution in [0.25, 0.3) is 6.08 Å². The fourth-order valence-electron chi connectivity index (χ4n) is 1.38. The fourth-order valence-corrected chi connectivity index (χ4v) is 1.38. The van der Waals surface area contributed by atoms with Gasteiger partial charge in [-0.1, -0.05) is 29.8 Å². The molecule has 1 fully saturated rings. The SMILES string of the molecule is Cc1ccc(/C=C2/COC(=O)C2=O)cc1. The Labute approximate surface area is 87.4 Å². The molecule has 2 rings (SSSR count). The number of hydrogen-bond acceptors (Lipinski definition) is 3. The predicted octanol–water partition coefficient (Wildman–Crippen LogP) is 1.50. The standard InChI is InChI=1S/C12H10O3/c1-8-2-4-9(5-3-8)6-10-7-15-12(14)11(10)13/h2-6H,7H2,1H3/b10-6-. The molecule has 1 aromatic carbocycles. The van der Waals surface area contributed by atoms with E-state index >= 15 is 0 Å². The molecule has 15 heavy (non-hydrogen) atoms. The van der Waals surface area contributed by atoms with Gasteiger partial charge in [-0.3, -0.25) is 4.79 Å². The van der Waals surface area contributed by atoms with E-state index in [1.807, 2.05) is 31.2 Å². The van der Waals surface area contributed by atoms with Crippen molar-refractivity contribution >= 4 is 17.8 Å². The summed E-state index contributed by atoms with van der Waals surface area (Å²) in [4.78, 5) is 22.0. The highest BCUT2D eigenvalue weighted by Crippen LogP contribution is 2.14. The number of ketones is 1. The van der Waals surface area contributed by atoms with Crippen molar-refractivity contribution in [2.75, 3.05) is 6.61 Å². The molecular formula is C12H10O3. The number of Topliss-reactive ketones (excluding diaryl/α,β-unsaturated/α-hetero) is 1. The fraction of sp³-hybridized carbons (Fsp3) is 0.167. The number of cyclic esters (lactones) is 1. The van der Waals surface area contributed by atoms with Crippen LogP contribution in [0, 0.1) is 6.92 Å². The van der Waals surface area contributed by atoms with Gasteiger partial charge in [0.15, 0.2) is 0 Å². The number of esters is 1. The van der Waals surface area contributed by atoms with E-state index < -0.39 is 11.8 Å². The van der Waals surface area contributed by atoms with Crippen LogP contribution >= 0.6 is 0 Å². The maximum absolute atomic E-state index is 11.2. The van der Waals surface area contributed by atoms with E-state index in [9.17, 15) is 9.59 Å². The van der Waals surface area contributed by atoms with Crippen molar-refractivity contribution in [2.24, 2.45) is 0 Å². The normalized spacial score (nSPS) is 18.3. The Morgan fingerprint density at radius 3 is 2.40 bits per heavy atom. The Hall–Kier alpha value is -1.90. The van der Waals surface area contributed by atoms with E-state index in [0.29, 0.717) is 5.57 Å². The molecule has 1 aliphatic heterocycles. The monoisotopic (exact) mass is 202 g/mol. The minimum absolute atomic E-state index is 0.0888. The third-order valence-corrected chi connectivity index (χ3v) is 2.25. The molecule has 3 heteroatoms. The molecule has 0 saturated carbocycles. The van der Waals surface area contributed by atoms with E-state index in [4.69, 9.17) is 0 Å². The van der Waals surface area contributed by atoms with Gasteiger partial charge >= 0.3 is 5.97 Å². The third kappa shape index (κ3) is 1.96. The number of benzene rings is 1. The van der Waals surface area contributed by atoms with Crippen LogP contribution in [0.15, 0.2) is 29.8 Å². The first-order chi connectivity index (χ1) is 7.16. The van der Waals surface area contributed by atoms with Gasteiger partial charge in [-0.25, -0.2) is 4.79 Å². The lowest BCUT2D eigenvalue weighted by Crippen LogP contribution is -2.06. The third-order valence-electron chi connectivity index (χ3n) is 2.25. The van der Waals surface area contributed by atoms with Crippen LogP contribution in [-0.2, 0) is 14.3 Å². The summed E-state index contributed by atoms with van der Waals surface area (Å²) in [6, 6.07) is 7.71. The first-order valence-electron chi connectivity index (χ1n) is 4.65. The minimum Gasteiger partial charge on any atom is -0.455 e. The van der Waals surface area contributed by atoms with Crippen molar-refractivity contribution in [3.05, 3.63) is 41.0 Å². The van der Waals surface area contributed by atoms with Crippen LogP contribution < -0.4 is 0 Å². The molecular weight excluding hydrogens is 192 g/mol. The number of ether oxygens (including phenoxy) is 1. The molecule has 0 aromatic heterocycles. The Morgan fingerprint density at radius 2 is 1.87 bits per heavy atom. The lowest BCUT2D eigenvalue weighted by atomic mass is 10.1. The van der Waals surface area contributed by atoms with E-state index in [0.717, 1.165) is 11.1 Å². The van der Waals surface area contributed by atoms with Gasteiger partial charge < -0.3 is 4.74 Å². The summed E-state index contributed by atoms with van der Waals surface area (Å²) in [6.45, 7) is 2.08. The minimum atomic E-state index is -0.756. The first-order valence-corrected chi connectivity index (χ1v) is 4.65. The summed E-state index contributed by atoms with van der Waals surface area (Å²) >= 11 is 0. The molecule has 1 saturated heterocycles. The maximum atomic E-state index is 11.2. The van der Waals surface area contributed by atoms with Gasteiger partial charge in [0.2, 0.25) is 0 Å². The Bertz CT molecular complexity index is 440.